The van der Waals surface area contributed by atoms with Gasteiger partial charge in [0.25, 0.3) is 0 Å². The van der Waals surface area contributed by atoms with Crippen LogP contribution in [0.15, 0.2) is 42.7 Å². The SMILES string of the molecule is CCc1cnc(NC(=O)[C@@H](C)c2cccc(-c3cnc(NC(=O)CC#N)c(C#N)c3)c2)s1. The summed E-state index contributed by atoms with van der Waals surface area (Å²) in [7, 11) is 0. The number of aromatic nitrogens is 2. The predicted octanol–water partition coefficient (Wildman–Crippen LogP) is 4.23. The summed E-state index contributed by atoms with van der Waals surface area (Å²) in [5, 5.41) is 24.0. The Kier molecular flexibility index (Phi) is 7.27. The maximum Gasteiger partial charge on any atom is 0.239 e. The number of aryl methyl sites for hydroxylation is 1. The zero-order valence-corrected chi connectivity index (χ0v) is 18.4. The molecule has 0 radical (unpaired) electrons. The van der Waals surface area contributed by atoms with Crippen LogP contribution < -0.4 is 10.6 Å². The Morgan fingerprint density at radius 3 is 2.62 bits per heavy atom. The molecule has 0 fully saturated rings. The fourth-order valence-corrected chi connectivity index (χ4v) is 3.69. The lowest BCUT2D eigenvalue weighted by molar-refractivity contribution is -0.117. The third-order valence-electron chi connectivity index (χ3n) is 4.75. The van der Waals surface area contributed by atoms with Gasteiger partial charge in [0.05, 0.1) is 17.6 Å². The minimum Gasteiger partial charge on any atom is -0.309 e. The first-order valence-electron chi connectivity index (χ1n) is 9.88. The van der Waals surface area contributed by atoms with Gasteiger partial charge < -0.3 is 10.6 Å². The van der Waals surface area contributed by atoms with Crippen LogP contribution in [0.2, 0.25) is 0 Å². The van der Waals surface area contributed by atoms with Crippen molar-refractivity contribution in [3.05, 3.63) is 58.7 Å². The van der Waals surface area contributed by atoms with Gasteiger partial charge in [0.2, 0.25) is 11.8 Å². The summed E-state index contributed by atoms with van der Waals surface area (Å²) in [5.74, 6) is -1.00. The van der Waals surface area contributed by atoms with Gasteiger partial charge in [-0.25, -0.2) is 9.97 Å². The number of nitriles is 2. The van der Waals surface area contributed by atoms with E-state index in [2.05, 4.69) is 20.6 Å². The quantitative estimate of drug-likeness (QED) is 0.560. The first-order chi connectivity index (χ1) is 15.4. The van der Waals surface area contributed by atoms with Gasteiger partial charge in [-0.1, -0.05) is 31.2 Å². The Hall–Kier alpha value is -4.08. The molecule has 0 saturated heterocycles. The maximum atomic E-state index is 12.7. The highest BCUT2D eigenvalue weighted by Crippen LogP contribution is 2.27. The molecule has 9 heteroatoms. The van der Waals surface area contributed by atoms with Crippen molar-refractivity contribution in [1.82, 2.24) is 9.97 Å². The van der Waals surface area contributed by atoms with E-state index in [0.29, 0.717) is 10.7 Å². The first-order valence-corrected chi connectivity index (χ1v) is 10.7. The third-order valence-corrected chi connectivity index (χ3v) is 5.81. The molecule has 2 heterocycles. The Balaban J connectivity index is 1.80. The number of rotatable bonds is 7. The first kappa shape index (κ1) is 22.6. The summed E-state index contributed by atoms with van der Waals surface area (Å²) in [5.41, 5.74) is 2.43. The fraction of sp³-hybridized carbons (Fsp3) is 0.217. The number of carbonyl (C=O) groups is 2. The van der Waals surface area contributed by atoms with E-state index in [0.717, 1.165) is 22.4 Å². The van der Waals surface area contributed by atoms with Crippen LogP contribution >= 0.6 is 11.3 Å². The largest absolute Gasteiger partial charge is 0.309 e. The molecular weight excluding hydrogens is 424 g/mol. The van der Waals surface area contributed by atoms with Gasteiger partial charge >= 0.3 is 0 Å². The molecule has 32 heavy (non-hydrogen) atoms. The zero-order chi connectivity index (χ0) is 23.1. The number of thiazole rings is 1. The summed E-state index contributed by atoms with van der Waals surface area (Å²) >= 11 is 1.46. The van der Waals surface area contributed by atoms with Crippen molar-refractivity contribution in [2.24, 2.45) is 0 Å². The second-order valence-electron chi connectivity index (χ2n) is 6.94. The van der Waals surface area contributed by atoms with Crippen molar-refractivity contribution in [2.45, 2.75) is 32.6 Å². The number of nitrogens with zero attached hydrogens (tertiary/aromatic N) is 4. The van der Waals surface area contributed by atoms with Crippen molar-refractivity contribution >= 4 is 34.1 Å². The lowest BCUT2D eigenvalue weighted by Crippen LogP contribution is -2.18. The van der Waals surface area contributed by atoms with Crippen molar-refractivity contribution in [3.8, 4) is 23.3 Å². The summed E-state index contributed by atoms with van der Waals surface area (Å²) in [4.78, 5) is 33.8. The molecule has 0 aliphatic rings. The number of pyridine rings is 1. The van der Waals surface area contributed by atoms with E-state index in [1.54, 1.807) is 18.3 Å². The monoisotopic (exact) mass is 444 g/mol. The van der Waals surface area contributed by atoms with E-state index in [1.807, 2.05) is 44.2 Å². The molecule has 0 aliphatic carbocycles. The van der Waals surface area contributed by atoms with Crippen molar-refractivity contribution in [3.63, 3.8) is 0 Å². The van der Waals surface area contributed by atoms with Crippen molar-refractivity contribution < 1.29 is 9.59 Å². The molecule has 3 aromatic rings. The van der Waals surface area contributed by atoms with Crippen molar-refractivity contribution in [1.29, 1.82) is 10.5 Å². The van der Waals surface area contributed by atoms with Crippen LogP contribution in [-0.4, -0.2) is 21.8 Å². The predicted molar refractivity (Wildman–Crippen MR) is 122 cm³/mol. The zero-order valence-electron chi connectivity index (χ0n) is 17.5. The minimum atomic E-state index is -0.530. The standard InChI is InChI=1S/C23H20N6O2S/c1-3-19-13-27-23(32-19)29-22(31)14(2)15-5-4-6-16(9-15)18-10-17(11-25)21(26-12-18)28-20(30)7-8-24/h4-6,9-10,12-14H,3,7H2,1-2H3,(H,26,28,30)(H,27,29,31)/t14-/m0/s1. The van der Waals surface area contributed by atoms with Crippen LogP contribution in [0.3, 0.4) is 0 Å². The van der Waals surface area contributed by atoms with E-state index in [9.17, 15) is 14.9 Å². The molecule has 2 amide bonds. The van der Waals surface area contributed by atoms with Gasteiger partial charge in [-0.15, -0.1) is 11.3 Å². The van der Waals surface area contributed by atoms with Crippen molar-refractivity contribution in [2.75, 3.05) is 10.6 Å². The van der Waals surface area contributed by atoms with Crippen LogP contribution in [0, 0.1) is 22.7 Å². The second kappa shape index (κ2) is 10.3. The molecule has 160 valence electrons. The van der Waals surface area contributed by atoms with Gasteiger partial charge in [0.1, 0.15) is 12.5 Å². The molecule has 2 N–H and O–H groups in total. The Morgan fingerprint density at radius 2 is 1.94 bits per heavy atom. The lowest BCUT2D eigenvalue weighted by Gasteiger charge is -2.13. The highest BCUT2D eigenvalue weighted by Gasteiger charge is 2.18. The summed E-state index contributed by atoms with van der Waals surface area (Å²) < 4.78 is 0. The Bertz CT molecular complexity index is 1240. The smallest absolute Gasteiger partial charge is 0.239 e. The molecule has 0 unspecified atom stereocenters. The van der Waals surface area contributed by atoms with E-state index >= 15 is 0 Å². The summed E-state index contributed by atoms with van der Waals surface area (Å²) in [6, 6.07) is 12.8. The van der Waals surface area contributed by atoms with Crippen LogP contribution in [0.1, 0.15) is 42.2 Å². The number of hydrogen-bond donors (Lipinski definition) is 2. The van der Waals surface area contributed by atoms with E-state index in [1.165, 1.54) is 17.5 Å². The minimum absolute atomic E-state index is 0.107. The molecule has 0 saturated carbocycles. The van der Waals surface area contributed by atoms with Gasteiger partial charge in [-0.3, -0.25) is 9.59 Å². The molecular formula is C23H20N6O2S. The average molecular weight is 445 g/mol. The second-order valence-corrected chi connectivity index (χ2v) is 8.05. The molecule has 2 aromatic heterocycles. The molecule has 0 bridgehead atoms. The third kappa shape index (κ3) is 5.34. The lowest BCUT2D eigenvalue weighted by atomic mass is 9.96. The summed E-state index contributed by atoms with van der Waals surface area (Å²) in [6.45, 7) is 3.85. The van der Waals surface area contributed by atoms with E-state index in [4.69, 9.17) is 5.26 Å². The number of nitrogens with one attached hydrogen (secondary N) is 2. The van der Waals surface area contributed by atoms with Crippen LogP contribution in [0.5, 0.6) is 0 Å². The molecule has 0 aliphatic heterocycles. The molecule has 1 aromatic carbocycles. The fourth-order valence-electron chi connectivity index (χ4n) is 2.94. The Morgan fingerprint density at radius 1 is 1.12 bits per heavy atom. The highest BCUT2D eigenvalue weighted by molar-refractivity contribution is 7.15. The van der Waals surface area contributed by atoms with Gasteiger partial charge in [-0.05, 0) is 30.5 Å². The topological polar surface area (TPSA) is 132 Å². The number of amides is 2. The number of hydrogen-bond acceptors (Lipinski definition) is 7. The van der Waals surface area contributed by atoms with Gasteiger partial charge in [-0.2, -0.15) is 10.5 Å². The summed E-state index contributed by atoms with van der Waals surface area (Å²) in [6.07, 6.45) is 3.84. The molecule has 0 spiro atoms. The highest BCUT2D eigenvalue weighted by atomic mass is 32.1. The van der Waals surface area contributed by atoms with Crippen LogP contribution in [-0.2, 0) is 16.0 Å². The Labute approximate surface area is 189 Å². The average Bonchev–Trinajstić information content (AvgIpc) is 3.26. The molecule has 1 atom stereocenters. The maximum absolute atomic E-state index is 12.7. The number of benzene rings is 1. The normalized spacial score (nSPS) is 11.1. The van der Waals surface area contributed by atoms with Crippen LogP contribution in [0.25, 0.3) is 11.1 Å². The van der Waals surface area contributed by atoms with Gasteiger partial charge in [0, 0.05) is 22.8 Å². The van der Waals surface area contributed by atoms with E-state index < -0.39 is 11.8 Å². The molecule has 3 rings (SSSR count). The number of carbonyl (C=O) groups excluding carboxylic acids is 2. The number of anilines is 2. The van der Waals surface area contributed by atoms with Gasteiger partial charge in [0.15, 0.2) is 10.9 Å². The van der Waals surface area contributed by atoms with Crippen LogP contribution in [0.4, 0.5) is 10.9 Å². The van der Waals surface area contributed by atoms with E-state index in [-0.39, 0.29) is 23.7 Å². The molecule has 8 nitrogen and oxygen atoms in total.